The van der Waals surface area contributed by atoms with E-state index < -0.39 is 16.2 Å². The summed E-state index contributed by atoms with van der Waals surface area (Å²) in [5.74, 6) is -0.310. The van der Waals surface area contributed by atoms with Gasteiger partial charge < -0.3 is 9.50 Å². The summed E-state index contributed by atoms with van der Waals surface area (Å²) in [6.45, 7) is 10.6. The first-order valence-electron chi connectivity index (χ1n) is 11.6. The molecule has 0 aliphatic carbocycles. The third kappa shape index (κ3) is 6.93. The highest BCUT2D eigenvalue weighted by Crippen LogP contribution is 2.28. The summed E-state index contributed by atoms with van der Waals surface area (Å²) < 4.78 is 30.6. The maximum absolute atomic E-state index is 13.3. The summed E-state index contributed by atoms with van der Waals surface area (Å²) in [6, 6.07) is 22.3. The molecule has 0 aliphatic heterocycles. The molecule has 0 unspecified atom stereocenters. The van der Waals surface area contributed by atoms with Crippen molar-refractivity contribution >= 4 is 16.0 Å². The lowest BCUT2D eigenvalue weighted by Gasteiger charge is -2.32. The Morgan fingerprint density at radius 1 is 1.00 bits per heavy atom. The first kappa shape index (κ1) is 26.9. The van der Waals surface area contributed by atoms with Gasteiger partial charge in [-0.1, -0.05) is 72.3 Å². The van der Waals surface area contributed by atoms with Gasteiger partial charge in [-0.15, -0.1) is 13.2 Å². The Bertz CT molecular complexity index is 1270. The Balaban J connectivity index is 1.79. The van der Waals surface area contributed by atoms with Crippen LogP contribution < -0.4 is 9.50 Å². The van der Waals surface area contributed by atoms with E-state index in [4.69, 9.17) is 4.18 Å². The summed E-state index contributed by atoms with van der Waals surface area (Å²) in [7, 11) is -2.10. The average molecular weight is 505 g/mol. The molecule has 0 saturated heterocycles. The minimum Gasteiger partial charge on any atom is -0.379 e. The van der Waals surface area contributed by atoms with Crippen LogP contribution in [0.15, 0.2) is 109 Å². The van der Waals surface area contributed by atoms with Crippen molar-refractivity contribution < 1.29 is 17.4 Å². The molecule has 0 bridgehead atoms. The zero-order chi connectivity index (χ0) is 26.1. The predicted octanol–water partition coefficient (Wildman–Crippen LogP) is 4.84. The molecule has 0 aromatic heterocycles. The maximum atomic E-state index is 13.3. The molecule has 3 aromatic rings. The van der Waals surface area contributed by atoms with Crippen LogP contribution in [0.2, 0.25) is 0 Å². The number of likely N-dealkylation sites (N-methyl/N-ethyl adjacent to an activating group) is 1. The number of nitrogens with zero attached hydrogens (tertiary/aromatic N) is 1. The lowest BCUT2D eigenvalue weighted by molar-refractivity contribution is -0.126. The molecule has 2 atom stereocenters. The second kappa shape index (κ2) is 12.3. The van der Waals surface area contributed by atoms with E-state index in [0.717, 1.165) is 16.7 Å². The molecule has 1 N–H and O–H groups in total. The van der Waals surface area contributed by atoms with Crippen LogP contribution in [0.1, 0.15) is 22.6 Å². The number of rotatable bonds is 12. The molecule has 0 heterocycles. The highest BCUT2D eigenvalue weighted by atomic mass is 32.2. The molecule has 0 spiro atoms. The van der Waals surface area contributed by atoms with Gasteiger partial charge in [-0.25, -0.2) is 0 Å². The lowest BCUT2D eigenvalue weighted by atomic mass is 9.89. The lowest BCUT2D eigenvalue weighted by Crippen LogP contribution is -2.48. The highest BCUT2D eigenvalue weighted by molar-refractivity contribution is 7.87. The van der Waals surface area contributed by atoms with Gasteiger partial charge >= 0.3 is 10.1 Å². The van der Waals surface area contributed by atoms with Crippen molar-refractivity contribution in [3.05, 3.63) is 121 Å². The summed E-state index contributed by atoms with van der Waals surface area (Å²) >= 11 is 0. The van der Waals surface area contributed by atoms with Gasteiger partial charge in [-0.2, -0.15) is 8.42 Å². The molecule has 6 nitrogen and oxygen atoms in total. The fourth-order valence-electron chi connectivity index (χ4n) is 3.92. The van der Waals surface area contributed by atoms with Gasteiger partial charge in [-0.05, 0) is 49.4 Å². The van der Waals surface area contributed by atoms with Gasteiger partial charge in [0.25, 0.3) is 0 Å². The molecular formula is C29H32N2O4S. The summed E-state index contributed by atoms with van der Waals surface area (Å²) in [5.41, 5.74) is 2.76. The third-order valence-electron chi connectivity index (χ3n) is 5.84. The quantitative estimate of drug-likeness (QED) is 0.282. The van der Waals surface area contributed by atoms with Crippen LogP contribution in [0.25, 0.3) is 0 Å². The molecule has 0 radical (unpaired) electrons. The summed E-state index contributed by atoms with van der Waals surface area (Å²) in [5, 5.41) is 3.02. The van der Waals surface area contributed by atoms with Crippen LogP contribution in [0.4, 0.5) is 0 Å². The van der Waals surface area contributed by atoms with Gasteiger partial charge in [-0.3, -0.25) is 9.69 Å². The van der Waals surface area contributed by atoms with E-state index in [1.165, 1.54) is 12.1 Å². The van der Waals surface area contributed by atoms with Crippen molar-refractivity contribution in [3.8, 4) is 5.75 Å². The summed E-state index contributed by atoms with van der Waals surface area (Å²) in [4.78, 5) is 15.3. The maximum Gasteiger partial charge on any atom is 0.339 e. The molecule has 36 heavy (non-hydrogen) atoms. The van der Waals surface area contributed by atoms with Gasteiger partial charge in [0.15, 0.2) is 0 Å². The largest absolute Gasteiger partial charge is 0.379 e. The SMILES string of the molecule is C=CCN(C)[C@H](C(=O)NCc1ccccc1)[C@@H](C=C)c1ccc(OS(=O)(=O)c2ccc(C)cc2)cc1. The van der Waals surface area contributed by atoms with Crippen LogP contribution in [0.5, 0.6) is 5.75 Å². The molecule has 0 aliphatic rings. The van der Waals surface area contributed by atoms with E-state index in [2.05, 4.69) is 18.5 Å². The van der Waals surface area contributed by atoms with Gasteiger partial charge in [0.2, 0.25) is 5.91 Å². The molecule has 7 heteroatoms. The predicted molar refractivity (Wildman–Crippen MR) is 143 cm³/mol. The van der Waals surface area contributed by atoms with E-state index in [9.17, 15) is 13.2 Å². The van der Waals surface area contributed by atoms with E-state index >= 15 is 0 Å². The van der Waals surface area contributed by atoms with Crippen LogP contribution >= 0.6 is 0 Å². The third-order valence-corrected chi connectivity index (χ3v) is 7.11. The van der Waals surface area contributed by atoms with E-state index in [1.807, 2.05) is 49.2 Å². The number of nitrogens with one attached hydrogen (secondary N) is 1. The van der Waals surface area contributed by atoms with E-state index in [1.54, 1.807) is 48.6 Å². The Labute approximate surface area is 214 Å². The highest BCUT2D eigenvalue weighted by Gasteiger charge is 2.31. The average Bonchev–Trinajstić information content (AvgIpc) is 2.87. The van der Waals surface area contributed by atoms with Crippen LogP contribution in [-0.2, 0) is 21.5 Å². The minimum absolute atomic E-state index is 0.0855. The Hall–Kier alpha value is -3.68. The first-order valence-corrected chi connectivity index (χ1v) is 13.0. The van der Waals surface area contributed by atoms with Crippen molar-refractivity contribution in [2.24, 2.45) is 0 Å². The number of hydrogen-bond donors (Lipinski definition) is 1. The number of amides is 1. The molecular weight excluding hydrogens is 472 g/mol. The van der Waals surface area contributed by atoms with Gasteiger partial charge in [0, 0.05) is 19.0 Å². The molecule has 0 fully saturated rings. The topological polar surface area (TPSA) is 75.7 Å². The Kier molecular flexibility index (Phi) is 9.22. The number of carbonyl (C=O) groups is 1. The fraction of sp³-hybridized carbons (Fsp3) is 0.207. The van der Waals surface area contributed by atoms with Gasteiger partial charge in [0.05, 0.1) is 6.04 Å². The van der Waals surface area contributed by atoms with Crippen molar-refractivity contribution in [3.63, 3.8) is 0 Å². The van der Waals surface area contributed by atoms with Crippen LogP contribution in [0, 0.1) is 6.92 Å². The van der Waals surface area contributed by atoms with Crippen LogP contribution in [0.3, 0.4) is 0 Å². The van der Waals surface area contributed by atoms with E-state index in [0.29, 0.717) is 13.1 Å². The van der Waals surface area contributed by atoms with Crippen molar-refractivity contribution in [2.45, 2.75) is 30.3 Å². The molecule has 3 aromatic carbocycles. The second-order valence-electron chi connectivity index (χ2n) is 8.56. The molecule has 3 rings (SSSR count). The summed E-state index contributed by atoms with van der Waals surface area (Å²) in [6.07, 6.45) is 3.47. The molecule has 0 saturated carbocycles. The molecule has 1 amide bonds. The zero-order valence-corrected chi connectivity index (χ0v) is 21.4. The van der Waals surface area contributed by atoms with Crippen LogP contribution in [-0.4, -0.2) is 38.9 Å². The smallest absolute Gasteiger partial charge is 0.339 e. The zero-order valence-electron chi connectivity index (χ0n) is 20.6. The van der Waals surface area contributed by atoms with Crippen molar-refractivity contribution in [2.75, 3.05) is 13.6 Å². The van der Waals surface area contributed by atoms with Crippen molar-refractivity contribution in [1.29, 1.82) is 0 Å². The normalized spacial score (nSPS) is 13.0. The standard InChI is InChI=1S/C29H32N2O4S/c1-5-20-31(4)28(29(32)30-21-23-10-8-7-9-11-23)27(6-2)24-14-16-25(17-15-24)35-36(33,34)26-18-12-22(3)13-19-26/h5-19,27-28H,1-2,20-21H2,3-4H3,(H,30,32)/t27-,28-/m0/s1. The van der Waals surface area contributed by atoms with Crippen molar-refractivity contribution in [1.82, 2.24) is 10.2 Å². The number of carbonyl (C=O) groups excluding carboxylic acids is 1. The Morgan fingerprint density at radius 2 is 1.64 bits per heavy atom. The number of hydrogen-bond acceptors (Lipinski definition) is 5. The number of benzene rings is 3. The second-order valence-corrected chi connectivity index (χ2v) is 10.1. The molecule has 188 valence electrons. The Morgan fingerprint density at radius 3 is 2.22 bits per heavy atom. The minimum atomic E-state index is -3.96. The number of aryl methyl sites for hydroxylation is 1. The van der Waals surface area contributed by atoms with Gasteiger partial charge in [0.1, 0.15) is 10.6 Å². The van der Waals surface area contributed by atoms with E-state index in [-0.39, 0.29) is 22.5 Å². The first-order chi connectivity index (χ1) is 17.2. The monoisotopic (exact) mass is 504 g/mol. The fourth-order valence-corrected chi connectivity index (χ4v) is 4.85.